The molecule has 0 radical (unpaired) electrons. The molecule has 1 aromatic rings. The third kappa shape index (κ3) is 5.53. The van der Waals surface area contributed by atoms with Crippen LogP contribution in [-0.4, -0.2) is 35.0 Å². The molecule has 0 aliphatic carbocycles. The van der Waals surface area contributed by atoms with Crippen LogP contribution in [0.4, 0.5) is 0 Å². The Kier molecular flexibility index (Phi) is 6.73. The molecule has 0 fully saturated rings. The number of carbonyl (C=O) groups excluding carboxylic acids is 1. The first-order valence-electron chi connectivity index (χ1n) is 5.79. The molecule has 1 atom stereocenters. The Hall–Kier alpha value is -1.20. The predicted molar refractivity (Wildman–Crippen MR) is 77.7 cm³/mol. The van der Waals surface area contributed by atoms with Crippen LogP contribution in [0.3, 0.4) is 0 Å². The fraction of sp³-hybridized carbons (Fsp3) is 0.385. The molecule has 4 nitrogen and oxygen atoms in total. The normalized spacial score (nSPS) is 11.9. The van der Waals surface area contributed by atoms with E-state index in [1.165, 1.54) is 0 Å². The highest BCUT2D eigenvalue weighted by molar-refractivity contribution is 7.98. The van der Waals surface area contributed by atoms with Crippen molar-refractivity contribution in [2.45, 2.75) is 18.9 Å². The van der Waals surface area contributed by atoms with E-state index in [0.29, 0.717) is 22.8 Å². The van der Waals surface area contributed by atoms with E-state index in [0.717, 1.165) is 0 Å². The Morgan fingerprint density at radius 2 is 2.11 bits per heavy atom. The Balaban J connectivity index is 2.58. The standard InChI is InChI=1S/C13H16ClNO3S/c1-19-7-6-11(13(17)18)15-12(16)8-9-4-2-3-5-10(9)14/h2-5,11H,6-8H2,1H3,(H,15,16)(H,17,18)/t11-/m0/s1. The number of carbonyl (C=O) groups is 2. The highest BCUT2D eigenvalue weighted by Gasteiger charge is 2.19. The fourth-order valence-electron chi connectivity index (χ4n) is 1.55. The van der Waals surface area contributed by atoms with Crippen LogP contribution >= 0.6 is 23.4 Å². The van der Waals surface area contributed by atoms with E-state index in [2.05, 4.69) is 5.32 Å². The lowest BCUT2D eigenvalue weighted by molar-refractivity contribution is -0.141. The second-order valence-electron chi connectivity index (χ2n) is 4.01. The van der Waals surface area contributed by atoms with Gasteiger partial charge in [-0.3, -0.25) is 4.79 Å². The van der Waals surface area contributed by atoms with E-state index in [1.807, 2.05) is 6.26 Å². The first-order chi connectivity index (χ1) is 9.04. The lowest BCUT2D eigenvalue weighted by Gasteiger charge is -2.14. The zero-order chi connectivity index (χ0) is 14.3. The van der Waals surface area contributed by atoms with Gasteiger partial charge < -0.3 is 10.4 Å². The van der Waals surface area contributed by atoms with E-state index >= 15 is 0 Å². The van der Waals surface area contributed by atoms with Crippen molar-refractivity contribution < 1.29 is 14.7 Å². The second kappa shape index (κ2) is 8.07. The molecule has 0 aliphatic rings. The molecule has 0 saturated heterocycles. The summed E-state index contributed by atoms with van der Waals surface area (Å²) in [6.07, 6.45) is 2.39. The third-order valence-electron chi connectivity index (χ3n) is 2.55. The highest BCUT2D eigenvalue weighted by atomic mass is 35.5. The molecule has 0 heterocycles. The number of hydrogen-bond acceptors (Lipinski definition) is 3. The van der Waals surface area contributed by atoms with Gasteiger partial charge in [0.05, 0.1) is 6.42 Å². The summed E-state index contributed by atoms with van der Waals surface area (Å²) in [7, 11) is 0. The molecule has 6 heteroatoms. The van der Waals surface area contributed by atoms with E-state index in [1.54, 1.807) is 36.0 Å². The third-order valence-corrected chi connectivity index (χ3v) is 3.57. The molecule has 2 N–H and O–H groups in total. The molecule has 0 unspecified atom stereocenters. The number of thioether (sulfide) groups is 1. The van der Waals surface area contributed by atoms with Crippen molar-refractivity contribution in [2.24, 2.45) is 0 Å². The minimum atomic E-state index is -1.01. The van der Waals surface area contributed by atoms with E-state index < -0.39 is 12.0 Å². The van der Waals surface area contributed by atoms with Gasteiger partial charge in [-0.1, -0.05) is 29.8 Å². The number of nitrogens with one attached hydrogen (secondary N) is 1. The zero-order valence-corrected chi connectivity index (χ0v) is 12.1. The maximum Gasteiger partial charge on any atom is 0.326 e. The van der Waals surface area contributed by atoms with Crippen molar-refractivity contribution in [3.63, 3.8) is 0 Å². The minimum Gasteiger partial charge on any atom is -0.480 e. The first-order valence-corrected chi connectivity index (χ1v) is 7.56. The summed E-state index contributed by atoms with van der Waals surface area (Å²) in [5.74, 6) is -0.660. The van der Waals surface area contributed by atoms with Crippen LogP contribution in [0.2, 0.25) is 5.02 Å². The van der Waals surface area contributed by atoms with Gasteiger partial charge in [0.15, 0.2) is 0 Å². The lowest BCUT2D eigenvalue weighted by atomic mass is 10.1. The monoisotopic (exact) mass is 301 g/mol. The Morgan fingerprint density at radius 1 is 1.42 bits per heavy atom. The topological polar surface area (TPSA) is 66.4 Å². The number of carboxylic acids is 1. The summed E-state index contributed by atoms with van der Waals surface area (Å²) in [6, 6.07) is 6.17. The summed E-state index contributed by atoms with van der Waals surface area (Å²) < 4.78 is 0. The summed E-state index contributed by atoms with van der Waals surface area (Å²) in [5, 5.41) is 12.0. The smallest absolute Gasteiger partial charge is 0.326 e. The van der Waals surface area contributed by atoms with Gasteiger partial charge in [-0.25, -0.2) is 4.79 Å². The molecule has 1 aromatic carbocycles. The van der Waals surface area contributed by atoms with Crippen LogP contribution in [-0.2, 0) is 16.0 Å². The van der Waals surface area contributed by atoms with Crippen molar-refractivity contribution in [3.05, 3.63) is 34.9 Å². The molecule has 19 heavy (non-hydrogen) atoms. The summed E-state index contributed by atoms with van der Waals surface area (Å²) in [4.78, 5) is 22.8. The Bertz CT molecular complexity index is 453. The maximum atomic E-state index is 11.8. The molecule has 1 amide bonds. The van der Waals surface area contributed by atoms with Gasteiger partial charge in [-0.15, -0.1) is 0 Å². The van der Waals surface area contributed by atoms with Gasteiger partial charge in [0.2, 0.25) is 5.91 Å². The molecule has 0 aliphatic heterocycles. The number of benzene rings is 1. The van der Waals surface area contributed by atoms with E-state index in [9.17, 15) is 9.59 Å². The number of carboxylic acid groups (broad SMARTS) is 1. The molecule has 0 bridgehead atoms. The number of hydrogen-bond donors (Lipinski definition) is 2. The van der Waals surface area contributed by atoms with Gasteiger partial charge >= 0.3 is 5.97 Å². The molecular formula is C13H16ClNO3S. The predicted octanol–water partition coefficient (Wildman–Crippen LogP) is 2.20. The van der Waals surface area contributed by atoms with Crippen molar-refractivity contribution in [1.82, 2.24) is 5.32 Å². The maximum absolute atomic E-state index is 11.8. The number of rotatable bonds is 7. The van der Waals surface area contributed by atoms with Crippen LogP contribution < -0.4 is 5.32 Å². The zero-order valence-electron chi connectivity index (χ0n) is 10.6. The summed E-state index contributed by atoms with van der Waals surface area (Å²) in [6.45, 7) is 0. The molecule has 0 saturated carbocycles. The summed E-state index contributed by atoms with van der Waals surface area (Å²) in [5.41, 5.74) is 0.690. The largest absolute Gasteiger partial charge is 0.480 e. The quantitative estimate of drug-likeness (QED) is 0.810. The van der Waals surface area contributed by atoms with Crippen molar-refractivity contribution in [1.29, 1.82) is 0 Å². The van der Waals surface area contributed by atoms with Crippen molar-refractivity contribution >= 4 is 35.2 Å². The van der Waals surface area contributed by atoms with Gasteiger partial charge in [0, 0.05) is 5.02 Å². The van der Waals surface area contributed by atoms with Crippen molar-refractivity contribution in [3.8, 4) is 0 Å². The Labute approximate surface area is 121 Å². The van der Waals surface area contributed by atoms with E-state index in [-0.39, 0.29) is 12.3 Å². The molecule has 0 aromatic heterocycles. The summed E-state index contributed by atoms with van der Waals surface area (Å²) >= 11 is 7.50. The van der Waals surface area contributed by atoms with E-state index in [4.69, 9.17) is 16.7 Å². The van der Waals surface area contributed by atoms with Crippen LogP contribution in [0.15, 0.2) is 24.3 Å². The van der Waals surface area contributed by atoms with Crippen LogP contribution in [0.25, 0.3) is 0 Å². The number of amides is 1. The average molecular weight is 302 g/mol. The fourth-order valence-corrected chi connectivity index (χ4v) is 2.23. The van der Waals surface area contributed by atoms with Crippen molar-refractivity contribution in [2.75, 3.05) is 12.0 Å². The van der Waals surface area contributed by atoms with Gasteiger partial charge in [0.25, 0.3) is 0 Å². The number of aliphatic carboxylic acids is 1. The van der Waals surface area contributed by atoms with Crippen LogP contribution in [0.5, 0.6) is 0 Å². The van der Waals surface area contributed by atoms with Crippen LogP contribution in [0.1, 0.15) is 12.0 Å². The SMILES string of the molecule is CSCC[C@H](NC(=O)Cc1ccccc1Cl)C(=O)O. The minimum absolute atomic E-state index is 0.0860. The molecular weight excluding hydrogens is 286 g/mol. The molecule has 1 rings (SSSR count). The lowest BCUT2D eigenvalue weighted by Crippen LogP contribution is -2.41. The van der Waals surface area contributed by atoms with Gasteiger partial charge in [0.1, 0.15) is 6.04 Å². The van der Waals surface area contributed by atoms with Gasteiger partial charge in [-0.05, 0) is 30.1 Å². The van der Waals surface area contributed by atoms with Gasteiger partial charge in [-0.2, -0.15) is 11.8 Å². The Morgan fingerprint density at radius 3 is 2.68 bits per heavy atom. The first kappa shape index (κ1) is 15.9. The highest BCUT2D eigenvalue weighted by Crippen LogP contribution is 2.15. The van der Waals surface area contributed by atoms with Crippen LogP contribution in [0, 0.1) is 0 Å². The molecule has 104 valence electrons. The molecule has 0 spiro atoms. The number of halogens is 1. The average Bonchev–Trinajstić information content (AvgIpc) is 2.37. The second-order valence-corrected chi connectivity index (χ2v) is 5.40.